The van der Waals surface area contributed by atoms with Crippen LogP contribution in [0.5, 0.6) is 0 Å². The van der Waals surface area contributed by atoms with E-state index in [4.69, 9.17) is 37.0 Å². The number of phosphoric ester groups is 2. The van der Waals surface area contributed by atoms with E-state index in [1.165, 1.54) is 276 Å². The van der Waals surface area contributed by atoms with Gasteiger partial charge in [0.15, 0.2) is 12.2 Å². The molecule has 19 heteroatoms. The van der Waals surface area contributed by atoms with Crippen LogP contribution in [0.15, 0.2) is 0 Å². The molecule has 0 aliphatic carbocycles. The Balaban J connectivity index is 5.21. The molecule has 0 aliphatic rings. The summed E-state index contributed by atoms with van der Waals surface area (Å²) in [7, 11) is -9.94. The van der Waals surface area contributed by atoms with Crippen LogP contribution < -0.4 is 0 Å². The molecule has 0 fully saturated rings. The third kappa shape index (κ3) is 82.6. The van der Waals surface area contributed by atoms with E-state index in [2.05, 4.69) is 55.4 Å². The summed E-state index contributed by atoms with van der Waals surface area (Å²) in [5.74, 6) is 1.09. The number of ether oxygens (including phenoxy) is 4. The maximum Gasteiger partial charge on any atom is 0.472 e. The van der Waals surface area contributed by atoms with Gasteiger partial charge in [0.2, 0.25) is 0 Å². The highest BCUT2D eigenvalue weighted by Crippen LogP contribution is 2.45. The molecule has 0 amide bonds. The zero-order valence-electron chi connectivity index (χ0n) is 72.9. The molecule has 0 aromatic rings. The number of esters is 4. The third-order valence-corrected chi connectivity index (χ3v) is 23.6. The van der Waals surface area contributed by atoms with Crippen LogP contribution in [0.4, 0.5) is 0 Å². The Morgan fingerprint density at radius 3 is 0.645 bits per heavy atom. The Bertz CT molecular complexity index is 2130. The molecule has 654 valence electrons. The van der Waals surface area contributed by atoms with E-state index in [9.17, 15) is 43.2 Å². The zero-order valence-corrected chi connectivity index (χ0v) is 74.7. The predicted octanol–water partition coefficient (Wildman–Crippen LogP) is 27.9. The molecule has 0 saturated carbocycles. The fraction of sp³-hybridized carbons (Fsp3) is 0.956. The van der Waals surface area contributed by atoms with Crippen molar-refractivity contribution in [3.05, 3.63) is 0 Å². The molecule has 0 bridgehead atoms. The summed E-state index contributed by atoms with van der Waals surface area (Å²) in [6.45, 7) is 14.4. The van der Waals surface area contributed by atoms with E-state index in [1.54, 1.807) is 0 Å². The molecule has 0 aromatic carbocycles. The average Bonchev–Trinajstić information content (AvgIpc) is 0.905. The molecule has 110 heavy (non-hydrogen) atoms. The smallest absolute Gasteiger partial charge is 0.462 e. The minimum Gasteiger partial charge on any atom is -0.462 e. The maximum absolute atomic E-state index is 13.2. The first-order valence-corrected chi connectivity index (χ1v) is 49.7. The quantitative estimate of drug-likeness (QED) is 0.0222. The van der Waals surface area contributed by atoms with Crippen molar-refractivity contribution in [2.45, 2.75) is 497 Å². The minimum atomic E-state index is -4.97. The van der Waals surface area contributed by atoms with Gasteiger partial charge in [0.25, 0.3) is 0 Å². The molecule has 0 aromatic heterocycles. The molecule has 17 nitrogen and oxygen atoms in total. The van der Waals surface area contributed by atoms with Crippen LogP contribution in [-0.2, 0) is 65.4 Å². The van der Waals surface area contributed by atoms with Crippen LogP contribution in [0.2, 0.25) is 0 Å². The van der Waals surface area contributed by atoms with E-state index in [0.717, 1.165) is 114 Å². The minimum absolute atomic E-state index is 0.107. The fourth-order valence-electron chi connectivity index (χ4n) is 14.2. The first-order chi connectivity index (χ1) is 53.1. The van der Waals surface area contributed by atoms with Crippen molar-refractivity contribution in [2.24, 2.45) is 23.7 Å². The highest BCUT2D eigenvalue weighted by molar-refractivity contribution is 7.47. The number of carbonyl (C=O) groups excluding carboxylic acids is 4. The van der Waals surface area contributed by atoms with Crippen molar-refractivity contribution < 1.29 is 80.2 Å². The van der Waals surface area contributed by atoms with E-state index in [0.29, 0.717) is 31.6 Å². The van der Waals surface area contributed by atoms with Gasteiger partial charge in [-0.3, -0.25) is 37.3 Å². The number of carbonyl (C=O) groups is 4. The molecule has 3 N–H and O–H groups in total. The number of hydrogen-bond donors (Lipinski definition) is 3. The number of hydrogen-bond acceptors (Lipinski definition) is 15. The molecule has 0 rings (SSSR count). The number of phosphoric acid groups is 2. The lowest BCUT2D eigenvalue weighted by Gasteiger charge is -2.21. The Morgan fingerprint density at radius 1 is 0.255 bits per heavy atom. The Labute approximate surface area is 677 Å². The molecular weight excluding hydrogens is 1430 g/mol. The van der Waals surface area contributed by atoms with Gasteiger partial charge in [0.05, 0.1) is 26.4 Å². The lowest BCUT2D eigenvalue weighted by molar-refractivity contribution is -0.161. The second-order valence-electron chi connectivity index (χ2n) is 34.4. The van der Waals surface area contributed by atoms with Crippen molar-refractivity contribution in [1.82, 2.24) is 0 Å². The molecule has 0 radical (unpaired) electrons. The lowest BCUT2D eigenvalue weighted by Crippen LogP contribution is -2.30. The van der Waals surface area contributed by atoms with Gasteiger partial charge >= 0.3 is 39.5 Å². The summed E-state index contributed by atoms with van der Waals surface area (Å²) in [5, 5.41) is 10.7. The van der Waals surface area contributed by atoms with Crippen molar-refractivity contribution in [3.63, 3.8) is 0 Å². The van der Waals surface area contributed by atoms with E-state index >= 15 is 0 Å². The second-order valence-corrected chi connectivity index (χ2v) is 37.3. The van der Waals surface area contributed by atoms with Gasteiger partial charge in [-0.15, -0.1) is 0 Å². The van der Waals surface area contributed by atoms with Crippen molar-refractivity contribution in [2.75, 3.05) is 39.6 Å². The molecule has 0 aliphatic heterocycles. The van der Waals surface area contributed by atoms with E-state index < -0.39 is 97.5 Å². The van der Waals surface area contributed by atoms with Gasteiger partial charge < -0.3 is 33.8 Å². The van der Waals surface area contributed by atoms with Gasteiger partial charge in [-0.25, -0.2) is 9.13 Å². The van der Waals surface area contributed by atoms with E-state index in [-0.39, 0.29) is 25.7 Å². The average molecular weight is 1610 g/mol. The highest BCUT2D eigenvalue weighted by atomic mass is 31.2. The van der Waals surface area contributed by atoms with Crippen molar-refractivity contribution in [3.8, 4) is 0 Å². The van der Waals surface area contributed by atoms with Crippen LogP contribution in [0, 0.1) is 23.7 Å². The summed E-state index contributed by atoms with van der Waals surface area (Å²) in [6.07, 6.45) is 71.0. The van der Waals surface area contributed by atoms with Crippen molar-refractivity contribution in [1.29, 1.82) is 0 Å². The summed E-state index contributed by atoms with van der Waals surface area (Å²) in [4.78, 5) is 73.4. The molecular formula is C91H178O17P2. The lowest BCUT2D eigenvalue weighted by atomic mass is 9.99. The first kappa shape index (κ1) is 108. The van der Waals surface area contributed by atoms with Gasteiger partial charge in [-0.1, -0.05) is 428 Å². The summed E-state index contributed by atoms with van der Waals surface area (Å²) in [6, 6.07) is 0. The summed E-state index contributed by atoms with van der Waals surface area (Å²) < 4.78 is 69.0. The van der Waals surface area contributed by atoms with Gasteiger partial charge in [-0.2, -0.15) is 0 Å². The molecule has 6 atom stereocenters. The van der Waals surface area contributed by atoms with Crippen LogP contribution in [0.25, 0.3) is 0 Å². The Hall–Kier alpha value is -1.94. The Kier molecular flexibility index (Phi) is 78.1. The predicted molar refractivity (Wildman–Crippen MR) is 455 cm³/mol. The standard InChI is InChI=1S/C91H178O17P2/c1-9-84(8)70-62-54-46-38-32-26-20-12-10-11-13-21-27-33-39-47-55-63-71-88(93)101-77-86(107-90(95)73-65-57-48-40-34-28-22-16-14-18-24-30-36-43-51-59-67-81(2)3)79-105-109(97,98)103-75-85(92)76-104-110(99,100)106-80-87(78-102-89(94)72-64-56-50-42-45-53-61-69-83(6)7)108-91(96)74-66-58-49-41-35-29-23-17-15-19-25-31-37-44-52-60-68-82(4)5/h81-87,92H,9-80H2,1-8H3,(H,97,98)(H,99,100)/t84?,85?,86-,87-/m1/s1. The monoisotopic (exact) mass is 1610 g/mol. The number of unbranched alkanes of at least 4 members (excludes halogenated alkanes) is 53. The second kappa shape index (κ2) is 79.5. The highest BCUT2D eigenvalue weighted by Gasteiger charge is 2.31. The van der Waals surface area contributed by atoms with Crippen molar-refractivity contribution >= 4 is 39.5 Å². The number of aliphatic hydroxyl groups is 1. The molecule has 0 saturated heterocycles. The third-order valence-electron chi connectivity index (χ3n) is 21.7. The Morgan fingerprint density at radius 2 is 0.436 bits per heavy atom. The maximum atomic E-state index is 13.2. The topological polar surface area (TPSA) is 237 Å². The van der Waals surface area contributed by atoms with Gasteiger partial charge in [0.1, 0.15) is 19.3 Å². The van der Waals surface area contributed by atoms with Crippen LogP contribution in [-0.4, -0.2) is 96.7 Å². The molecule has 4 unspecified atom stereocenters. The number of rotatable bonds is 88. The SMILES string of the molecule is CCC(C)CCCCCCCCCCCCCCCCCCCCC(=O)OC[C@H](COP(=O)(O)OCC(O)COP(=O)(O)OC[C@@H](COC(=O)CCCCCCCCCC(C)C)OC(=O)CCCCCCCCCCCCCCCCCCC(C)C)OC(=O)CCCCCCCCCCCCCCCCCCC(C)C. The normalized spacial score (nSPS) is 14.1. The molecule has 0 heterocycles. The van der Waals surface area contributed by atoms with Gasteiger partial charge in [0, 0.05) is 25.7 Å². The van der Waals surface area contributed by atoms with E-state index in [1.807, 2.05) is 0 Å². The summed E-state index contributed by atoms with van der Waals surface area (Å²) >= 11 is 0. The first-order valence-electron chi connectivity index (χ1n) is 46.7. The fourth-order valence-corrected chi connectivity index (χ4v) is 15.7. The molecule has 0 spiro atoms. The number of aliphatic hydroxyl groups excluding tert-OH is 1. The largest absolute Gasteiger partial charge is 0.472 e. The van der Waals surface area contributed by atoms with Crippen LogP contribution >= 0.6 is 15.6 Å². The van der Waals surface area contributed by atoms with Gasteiger partial charge in [-0.05, 0) is 49.4 Å². The van der Waals surface area contributed by atoms with Crippen LogP contribution in [0.3, 0.4) is 0 Å². The summed E-state index contributed by atoms with van der Waals surface area (Å²) in [5.41, 5.74) is 0. The van der Waals surface area contributed by atoms with Crippen LogP contribution in [0.1, 0.15) is 479 Å². The zero-order chi connectivity index (χ0) is 80.9.